The van der Waals surface area contributed by atoms with Crippen LogP contribution in [0.15, 0.2) is 93.8 Å². The van der Waals surface area contributed by atoms with Crippen LogP contribution in [0, 0.1) is 0 Å². The minimum absolute atomic E-state index is 0.286. The Labute approximate surface area is 201 Å². The third kappa shape index (κ3) is 4.79. The summed E-state index contributed by atoms with van der Waals surface area (Å²) in [7, 11) is 3.16. The SMILES string of the molecule is COc1ccc(-c2nc3cc(NC(=O)/C=C/c4ccc(-c5ccccc5)o4)ccc3o2)cc1OC. The maximum atomic E-state index is 12.4. The Morgan fingerprint density at radius 2 is 1.69 bits per heavy atom. The average Bonchev–Trinajstić information content (AvgIpc) is 3.54. The molecule has 0 atom stereocenters. The Balaban J connectivity index is 1.29. The van der Waals surface area contributed by atoms with Crippen molar-refractivity contribution >= 4 is 28.8 Å². The summed E-state index contributed by atoms with van der Waals surface area (Å²) in [5.74, 6) is 2.69. The molecule has 1 N–H and O–H groups in total. The number of oxazole rings is 1. The van der Waals surface area contributed by atoms with Gasteiger partial charge in [-0.15, -0.1) is 0 Å². The number of nitrogens with one attached hydrogen (secondary N) is 1. The Bertz CT molecular complexity index is 1520. The molecule has 1 amide bonds. The molecule has 0 aliphatic heterocycles. The predicted octanol–water partition coefficient (Wildman–Crippen LogP) is 6.42. The number of anilines is 1. The van der Waals surface area contributed by atoms with E-state index in [9.17, 15) is 4.79 Å². The van der Waals surface area contributed by atoms with E-state index in [1.807, 2.05) is 48.5 Å². The fourth-order valence-corrected chi connectivity index (χ4v) is 3.64. The van der Waals surface area contributed by atoms with Crippen LogP contribution in [0.1, 0.15) is 5.76 Å². The molecule has 7 heteroatoms. The van der Waals surface area contributed by atoms with Gasteiger partial charge in [0.25, 0.3) is 0 Å². The number of fused-ring (bicyclic) bond motifs is 1. The van der Waals surface area contributed by atoms with E-state index in [4.69, 9.17) is 18.3 Å². The van der Waals surface area contributed by atoms with Gasteiger partial charge >= 0.3 is 0 Å². The fourth-order valence-electron chi connectivity index (χ4n) is 3.64. The van der Waals surface area contributed by atoms with Gasteiger partial charge in [0.15, 0.2) is 17.1 Å². The summed E-state index contributed by atoms with van der Waals surface area (Å²) >= 11 is 0. The highest BCUT2D eigenvalue weighted by Gasteiger charge is 2.13. The largest absolute Gasteiger partial charge is 0.493 e. The van der Waals surface area contributed by atoms with Gasteiger partial charge in [0.05, 0.1) is 14.2 Å². The normalized spacial score (nSPS) is 11.1. The van der Waals surface area contributed by atoms with Crippen molar-refractivity contribution in [2.24, 2.45) is 0 Å². The second-order valence-electron chi connectivity index (χ2n) is 7.66. The molecule has 2 heterocycles. The summed E-state index contributed by atoms with van der Waals surface area (Å²) in [5, 5.41) is 2.84. The number of carbonyl (C=O) groups is 1. The minimum atomic E-state index is -0.286. The molecule has 0 saturated carbocycles. The molecule has 35 heavy (non-hydrogen) atoms. The molecule has 174 valence electrons. The van der Waals surface area contributed by atoms with Gasteiger partial charge in [-0.2, -0.15) is 0 Å². The van der Waals surface area contributed by atoms with E-state index in [-0.39, 0.29) is 5.91 Å². The predicted molar refractivity (Wildman–Crippen MR) is 134 cm³/mol. The number of carbonyl (C=O) groups excluding carboxylic acids is 1. The molecular weight excluding hydrogens is 444 g/mol. The summed E-state index contributed by atoms with van der Waals surface area (Å²) in [6.45, 7) is 0. The van der Waals surface area contributed by atoms with E-state index >= 15 is 0 Å². The maximum absolute atomic E-state index is 12.4. The van der Waals surface area contributed by atoms with Crippen molar-refractivity contribution < 1.29 is 23.1 Å². The number of benzene rings is 3. The van der Waals surface area contributed by atoms with Crippen molar-refractivity contribution in [2.45, 2.75) is 0 Å². The molecule has 5 rings (SSSR count). The third-order valence-electron chi connectivity index (χ3n) is 5.37. The van der Waals surface area contributed by atoms with Gasteiger partial charge in [0, 0.05) is 22.9 Å². The molecule has 0 bridgehead atoms. The summed E-state index contributed by atoms with van der Waals surface area (Å²) in [4.78, 5) is 17.0. The number of nitrogens with zero attached hydrogens (tertiary/aromatic N) is 1. The van der Waals surface area contributed by atoms with E-state index in [2.05, 4.69) is 10.3 Å². The number of amides is 1. The van der Waals surface area contributed by atoms with Crippen LogP contribution in [0.3, 0.4) is 0 Å². The Kier molecular flexibility index (Phi) is 6.05. The maximum Gasteiger partial charge on any atom is 0.248 e. The van der Waals surface area contributed by atoms with Gasteiger partial charge in [-0.1, -0.05) is 30.3 Å². The lowest BCUT2D eigenvalue weighted by Crippen LogP contribution is -2.07. The second kappa shape index (κ2) is 9.61. The summed E-state index contributed by atoms with van der Waals surface area (Å²) in [6, 6.07) is 24.2. The molecule has 0 unspecified atom stereocenters. The van der Waals surface area contributed by atoms with Crippen LogP contribution >= 0.6 is 0 Å². The van der Waals surface area contributed by atoms with E-state index in [0.29, 0.717) is 39.9 Å². The molecule has 0 radical (unpaired) electrons. The second-order valence-corrected chi connectivity index (χ2v) is 7.66. The average molecular weight is 466 g/mol. The molecule has 0 fully saturated rings. The first-order chi connectivity index (χ1) is 17.1. The zero-order chi connectivity index (χ0) is 24.2. The van der Waals surface area contributed by atoms with Crippen LogP contribution in [0.5, 0.6) is 11.5 Å². The van der Waals surface area contributed by atoms with Crippen LogP contribution in [0.2, 0.25) is 0 Å². The number of rotatable bonds is 7. The zero-order valence-corrected chi connectivity index (χ0v) is 19.1. The molecule has 3 aromatic carbocycles. The fraction of sp³-hybridized carbons (Fsp3) is 0.0714. The van der Waals surface area contributed by atoms with Gasteiger partial charge in [-0.3, -0.25) is 4.79 Å². The van der Waals surface area contributed by atoms with Crippen molar-refractivity contribution in [1.29, 1.82) is 0 Å². The zero-order valence-electron chi connectivity index (χ0n) is 19.1. The van der Waals surface area contributed by atoms with Crippen LogP contribution in [0.25, 0.3) is 40.0 Å². The lowest BCUT2D eigenvalue weighted by Gasteiger charge is -2.07. The standard InChI is InChI=1S/C28H22N2O5/c1-32-25-12-8-19(16-26(25)33-2)28-30-22-17-20(9-13-24(22)35-28)29-27(31)15-11-21-10-14-23(34-21)18-6-4-3-5-7-18/h3-17H,1-2H3,(H,29,31)/b15-11+. The van der Waals surface area contributed by atoms with E-state index in [0.717, 1.165) is 16.9 Å². The molecule has 5 aromatic rings. The lowest BCUT2D eigenvalue weighted by atomic mass is 10.2. The first-order valence-electron chi connectivity index (χ1n) is 10.9. The quantitative estimate of drug-likeness (QED) is 0.278. The first kappa shape index (κ1) is 22.0. The van der Waals surface area contributed by atoms with E-state index < -0.39 is 0 Å². The highest BCUT2D eigenvalue weighted by molar-refractivity contribution is 6.02. The van der Waals surface area contributed by atoms with Crippen molar-refractivity contribution in [3.8, 4) is 34.3 Å². The number of aromatic nitrogens is 1. The van der Waals surface area contributed by atoms with Gasteiger partial charge in [0.2, 0.25) is 11.8 Å². The van der Waals surface area contributed by atoms with Gasteiger partial charge in [-0.05, 0) is 54.6 Å². The monoisotopic (exact) mass is 466 g/mol. The van der Waals surface area contributed by atoms with Gasteiger partial charge in [-0.25, -0.2) is 4.98 Å². The van der Waals surface area contributed by atoms with E-state index in [1.54, 1.807) is 50.6 Å². The highest BCUT2D eigenvalue weighted by atomic mass is 16.5. The van der Waals surface area contributed by atoms with Gasteiger partial charge < -0.3 is 23.6 Å². The Morgan fingerprint density at radius 3 is 2.49 bits per heavy atom. The number of furan rings is 1. The number of hydrogen-bond donors (Lipinski definition) is 1. The molecule has 0 spiro atoms. The highest BCUT2D eigenvalue weighted by Crippen LogP contribution is 2.33. The van der Waals surface area contributed by atoms with Crippen LogP contribution in [-0.2, 0) is 4.79 Å². The first-order valence-corrected chi connectivity index (χ1v) is 10.9. The van der Waals surface area contributed by atoms with Crippen LogP contribution in [-0.4, -0.2) is 25.1 Å². The Morgan fingerprint density at radius 1 is 0.857 bits per heavy atom. The smallest absolute Gasteiger partial charge is 0.248 e. The van der Waals surface area contributed by atoms with E-state index in [1.165, 1.54) is 6.08 Å². The van der Waals surface area contributed by atoms with Crippen molar-refractivity contribution in [2.75, 3.05) is 19.5 Å². The molecule has 0 saturated heterocycles. The number of methoxy groups -OCH3 is 2. The molecule has 2 aromatic heterocycles. The van der Waals surface area contributed by atoms with Crippen molar-refractivity contribution in [3.05, 3.63) is 90.7 Å². The minimum Gasteiger partial charge on any atom is -0.493 e. The summed E-state index contributed by atoms with van der Waals surface area (Å²) < 4.78 is 22.3. The number of hydrogen-bond acceptors (Lipinski definition) is 6. The van der Waals surface area contributed by atoms with Crippen molar-refractivity contribution in [1.82, 2.24) is 4.98 Å². The number of ether oxygens (including phenoxy) is 2. The molecule has 0 aliphatic rings. The topological polar surface area (TPSA) is 86.7 Å². The van der Waals surface area contributed by atoms with Gasteiger partial charge in [0.1, 0.15) is 17.0 Å². The van der Waals surface area contributed by atoms with Crippen molar-refractivity contribution in [3.63, 3.8) is 0 Å². The lowest BCUT2D eigenvalue weighted by molar-refractivity contribution is -0.111. The summed E-state index contributed by atoms with van der Waals surface area (Å²) in [5.41, 5.74) is 3.55. The molecular formula is C28H22N2O5. The molecule has 0 aliphatic carbocycles. The Hall–Kier alpha value is -4.78. The third-order valence-corrected chi connectivity index (χ3v) is 5.37. The van der Waals surface area contributed by atoms with Crippen LogP contribution < -0.4 is 14.8 Å². The van der Waals surface area contributed by atoms with Crippen LogP contribution in [0.4, 0.5) is 5.69 Å². The summed E-state index contributed by atoms with van der Waals surface area (Å²) in [6.07, 6.45) is 3.06. The molecule has 7 nitrogen and oxygen atoms in total.